The lowest BCUT2D eigenvalue weighted by atomic mass is 9.47. The van der Waals surface area contributed by atoms with Gasteiger partial charge in [-0.2, -0.15) is 0 Å². The van der Waals surface area contributed by atoms with Crippen molar-refractivity contribution >= 4 is 0 Å². The quantitative estimate of drug-likeness (QED) is 0.110. The Labute approximate surface area is 472 Å². The highest BCUT2D eigenvalue weighted by atomic mass is 16.8. The summed E-state index contributed by atoms with van der Waals surface area (Å²) in [5, 5.41) is 132. The van der Waals surface area contributed by atoms with E-state index in [2.05, 4.69) is 33.8 Å². The van der Waals surface area contributed by atoms with Gasteiger partial charge >= 0.3 is 0 Å². The fourth-order valence-corrected chi connectivity index (χ4v) is 16.9. The van der Waals surface area contributed by atoms with Crippen molar-refractivity contribution in [2.45, 2.75) is 285 Å². The minimum absolute atomic E-state index is 0.00692. The number of fused-ring (bicyclic) bond motifs is 7. The van der Waals surface area contributed by atoms with E-state index in [0.29, 0.717) is 48.3 Å². The Hall–Kier alpha value is -1.22. The molecule has 0 bridgehead atoms. The van der Waals surface area contributed by atoms with Gasteiger partial charge in [0.25, 0.3) is 0 Å². The molecule has 0 aromatic carbocycles. The van der Waals surface area contributed by atoms with Crippen LogP contribution in [0.4, 0.5) is 0 Å². The minimum Gasteiger partial charge on any atom is -0.394 e. The second-order valence-electron chi connectivity index (χ2n) is 26.6. The number of aliphatic hydroxyl groups excluding tert-OH is 12. The number of rotatable bonds is 11. The van der Waals surface area contributed by atoms with Crippen molar-refractivity contribution in [2.24, 2.45) is 46.3 Å². The fraction of sp³-hybridized carbons (Fsp3) is 0.965. The lowest BCUT2D eigenvalue weighted by molar-refractivity contribution is -0.388. The highest BCUT2D eigenvalue weighted by Crippen LogP contribution is 2.71. The molecule has 24 heteroatoms. The highest BCUT2D eigenvalue weighted by Gasteiger charge is 2.69. The van der Waals surface area contributed by atoms with E-state index >= 15 is 0 Å². The molecule has 0 aromatic heterocycles. The molecule has 34 unspecified atom stereocenters. The average molecular weight is 1160 g/mol. The Kier molecular flexibility index (Phi) is 17.7. The summed E-state index contributed by atoms with van der Waals surface area (Å²) in [5.74, 6) is 2.61. The molecule has 36 atom stereocenters. The Balaban J connectivity index is 0.659. The van der Waals surface area contributed by atoms with Gasteiger partial charge in [0.15, 0.2) is 37.2 Å². The summed E-state index contributed by atoms with van der Waals surface area (Å²) in [6.07, 6.45) is -26.5. The summed E-state index contributed by atoms with van der Waals surface area (Å²) in [7, 11) is 0. The Morgan fingerprint density at radius 1 is 0.519 bits per heavy atom. The molecule has 11 aliphatic rings. The minimum atomic E-state index is -1.86. The first kappa shape index (κ1) is 61.4. The van der Waals surface area contributed by atoms with E-state index in [1.807, 2.05) is 0 Å². The van der Waals surface area contributed by atoms with E-state index in [4.69, 9.17) is 56.8 Å². The van der Waals surface area contributed by atoms with Gasteiger partial charge in [0.1, 0.15) is 97.7 Å². The molecule has 81 heavy (non-hydrogen) atoms. The van der Waals surface area contributed by atoms with E-state index in [1.165, 1.54) is 39.7 Å². The van der Waals surface area contributed by atoms with Crippen LogP contribution in [0.2, 0.25) is 0 Å². The SMILES string of the molecule is CC1OC(OC2C(C)OC(OC3C(C)OC(OC4C(C)OC(OC5C(CO)OC(OC6CCC7(C)C(=CCC8C7CCC7(C)C8CC8O[C@]9(CC[C@@H](C)CO9)C(C)C87)C6)C(O)C5O)C(O)C4O)C(O)C3O)C(O)C2O)C(O)C(O)C1O. The molecular formula is C57H92O24. The molecule has 4 aliphatic carbocycles. The Morgan fingerprint density at radius 2 is 1.01 bits per heavy atom. The maximum atomic E-state index is 11.6. The second-order valence-corrected chi connectivity index (χ2v) is 26.6. The first-order valence-corrected chi connectivity index (χ1v) is 30.0. The summed E-state index contributed by atoms with van der Waals surface area (Å²) in [6.45, 7) is 15.5. The van der Waals surface area contributed by atoms with Crippen LogP contribution in [0.25, 0.3) is 0 Å². The lowest BCUT2D eigenvalue weighted by Gasteiger charge is -2.58. The van der Waals surface area contributed by atoms with Crippen molar-refractivity contribution in [3.63, 3.8) is 0 Å². The Morgan fingerprint density at radius 3 is 1.53 bits per heavy atom. The molecule has 10 fully saturated rings. The average Bonchev–Trinajstić information content (AvgIpc) is 3.93. The monoisotopic (exact) mass is 1160 g/mol. The zero-order chi connectivity index (χ0) is 58.1. The summed E-state index contributed by atoms with van der Waals surface area (Å²) in [4.78, 5) is 0. The van der Waals surface area contributed by atoms with Crippen molar-refractivity contribution in [3.05, 3.63) is 11.6 Å². The molecule has 1 spiro atoms. The summed E-state index contributed by atoms with van der Waals surface area (Å²) < 4.78 is 72.8. The molecule has 0 radical (unpaired) electrons. The van der Waals surface area contributed by atoms with E-state index < -0.39 is 166 Å². The van der Waals surface area contributed by atoms with Crippen LogP contribution in [-0.4, -0.2) is 246 Å². The molecule has 0 aromatic rings. The maximum Gasteiger partial charge on any atom is 0.187 e. The maximum absolute atomic E-state index is 11.6. The van der Waals surface area contributed by atoms with Crippen LogP contribution in [0.15, 0.2) is 11.6 Å². The van der Waals surface area contributed by atoms with Crippen molar-refractivity contribution in [2.75, 3.05) is 13.2 Å². The topological polar surface area (TPSA) is 354 Å². The van der Waals surface area contributed by atoms with E-state index in [0.717, 1.165) is 45.1 Å². The van der Waals surface area contributed by atoms with Crippen LogP contribution >= 0.6 is 0 Å². The van der Waals surface area contributed by atoms with E-state index in [9.17, 15) is 61.3 Å². The molecule has 464 valence electrons. The first-order valence-electron chi connectivity index (χ1n) is 30.0. The van der Waals surface area contributed by atoms with Gasteiger partial charge in [-0.25, -0.2) is 0 Å². The predicted octanol–water partition coefficient (Wildman–Crippen LogP) is -1.05. The normalized spacial score (nSPS) is 58.4. The number of hydrogen-bond acceptors (Lipinski definition) is 24. The van der Waals surface area contributed by atoms with Gasteiger partial charge in [-0.1, -0.05) is 39.3 Å². The van der Waals surface area contributed by atoms with Crippen LogP contribution in [0, 0.1) is 46.3 Å². The second kappa shape index (κ2) is 23.4. The summed E-state index contributed by atoms with van der Waals surface area (Å²) >= 11 is 0. The standard InChI is InChI=1S/C57H92O24/c1-21-11-16-57(70-20-21)22(2)34-32(81-57)18-31-29-10-9-27-17-28(12-14-55(27,7)30(29)13-15-56(31,34)8)75-54-45(69)40(64)49(33(19-58)76-54)80-53-44(68)39(63)48(26(6)74-53)79-52-43(67)38(62)47(25(5)73-52)78-51-42(66)37(61)46(24(4)72-51)77-50-41(65)36(60)35(59)23(3)71-50/h9,21-26,28-54,58-69H,10-20H2,1-8H3/t21-,22?,23?,24?,25?,26?,28?,29?,30?,31?,32?,33?,34?,35?,36?,37?,38?,39?,40?,41?,42?,43?,44?,45?,46?,47?,48?,49?,50?,51?,52?,53?,54?,55?,56?,57-/m1/s1. The molecule has 3 saturated carbocycles. The number of hydrogen-bond donors (Lipinski definition) is 12. The molecule has 0 amide bonds. The summed E-state index contributed by atoms with van der Waals surface area (Å²) in [6, 6.07) is 0. The third-order valence-electron chi connectivity index (χ3n) is 21.8. The van der Waals surface area contributed by atoms with Crippen molar-refractivity contribution in [1.29, 1.82) is 0 Å². The first-order chi connectivity index (χ1) is 38.3. The third kappa shape index (κ3) is 10.7. The van der Waals surface area contributed by atoms with Crippen molar-refractivity contribution in [3.8, 4) is 0 Å². The van der Waals surface area contributed by atoms with Crippen LogP contribution in [-0.2, 0) is 56.8 Å². The molecule has 7 aliphatic heterocycles. The third-order valence-corrected chi connectivity index (χ3v) is 21.8. The van der Waals surface area contributed by atoms with Crippen LogP contribution < -0.4 is 0 Å². The van der Waals surface area contributed by atoms with E-state index in [1.54, 1.807) is 0 Å². The summed E-state index contributed by atoms with van der Waals surface area (Å²) in [5.41, 5.74) is 1.54. The van der Waals surface area contributed by atoms with Gasteiger partial charge < -0.3 is 118 Å². The van der Waals surface area contributed by atoms with Crippen LogP contribution in [0.1, 0.15) is 113 Å². The largest absolute Gasteiger partial charge is 0.394 e. The number of allylic oxidation sites excluding steroid dienone is 1. The lowest BCUT2D eigenvalue weighted by Crippen LogP contribution is -2.66. The Bertz CT molecular complexity index is 2190. The van der Waals surface area contributed by atoms with Crippen molar-refractivity contribution < 1.29 is 118 Å². The van der Waals surface area contributed by atoms with Crippen molar-refractivity contribution in [1.82, 2.24) is 0 Å². The highest BCUT2D eigenvalue weighted by molar-refractivity contribution is 5.26. The van der Waals surface area contributed by atoms with Gasteiger partial charge in [-0.15, -0.1) is 0 Å². The fourth-order valence-electron chi connectivity index (χ4n) is 16.9. The van der Waals surface area contributed by atoms with Crippen LogP contribution in [0.5, 0.6) is 0 Å². The predicted molar refractivity (Wildman–Crippen MR) is 275 cm³/mol. The van der Waals surface area contributed by atoms with Crippen LogP contribution in [0.3, 0.4) is 0 Å². The van der Waals surface area contributed by atoms with E-state index in [-0.39, 0.29) is 23.0 Å². The smallest absolute Gasteiger partial charge is 0.187 e. The number of ether oxygens (including phenoxy) is 12. The molecule has 24 nitrogen and oxygen atoms in total. The van der Waals surface area contributed by atoms with Gasteiger partial charge in [0.05, 0.1) is 49.8 Å². The zero-order valence-corrected chi connectivity index (χ0v) is 47.7. The van der Waals surface area contributed by atoms with Gasteiger partial charge in [-0.3, -0.25) is 0 Å². The molecule has 7 heterocycles. The molecular weight excluding hydrogens is 1070 g/mol. The van der Waals surface area contributed by atoms with Gasteiger partial charge in [0.2, 0.25) is 0 Å². The molecule has 11 rings (SSSR count). The van der Waals surface area contributed by atoms with Gasteiger partial charge in [0, 0.05) is 12.3 Å². The molecule has 7 saturated heterocycles. The van der Waals surface area contributed by atoms with Gasteiger partial charge in [-0.05, 0) is 119 Å². The number of aliphatic hydroxyl groups is 12. The zero-order valence-electron chi connectivity index (χ0n) is 47.7. The molecule has 12 N–H and O–H groups in total.